The number of aryl methyl sites for hydroxylation is 2. The quantitative estimate of drug-likeness (QED) is 0.738. The van der Waals surface area contributed by atoms with Crippen molar-refractivity contribution in [1.82, 2.24) is 4.90 Å². The monoisotopic (exact) mass is 385 g/mol. The number of Topliss-reactive ketones (excluding diaryl/α,β-unsaturated/α-hetero) is 1. The van der Waals surface area contributed by atoms with Crippen LogP contribution in [0.1, 0.15) is 51.1 Å². The van der Waals surface area contributed by atoms with Gasteiger partial charge in [0.15, 0.2) is 5.78 Å². The fraction of sp³-hybridized carbons (Fsp3) is 0.364. The zero-order chi connectivity index (χ0) is 20.1. The Labute approximate surface area is 162 Å². The molecule has 28 heavy (non-hydrogen) atoms. The van der Waals surface area contributed by atoms with Gasteiger partial charge in [-0.3, -0.25) is 9.59 Å². The van der Waals surface area contributed by atoms with E-state index in [0.29, 0.717) is 43.3 Å². The van der Waals surface area contributed by atoms with Crippen molar-refractivity contribution in [3.05, 3.63) is 64.2 Å². The fourth-order valence-electron chi connectivity index (χ4n) is 4.17. The molecular weight excluding hydrogens is 364 g/mol. The third-order valence-corrected chi connectivity index (χ3v) is 5.64. The average Bonchev–Trinajstić information content (AvgIpc) is 2.63. The maximum atomic E-state index is 13.9. The molecule has 4 nitrogen and oxygen atoms in total. The van der Waals surface area contributed by atoms with Crippen molar-refractivity contribution in [2.45, 2.75) is 38.7 Å². The molecule has 0 atom stereocenters. The summed E-state index contributed by atoms with van der Waals surface area (Å²) in [5, 5.41) is 0. The predicted molar refractivity (Wildman–Crippen MR) is 99.7 cm³/mol. The van der Waals surface area contributed by atoms with E-state index in [9.17, 15) is 18.4 Å². The van der Waals surface area contributed by atoms with Gasteiger partial charge in [0.05, 0.1) is 17.5 Å². The summed E-state index contributed by atoms with van der Waals surface area (Å²) in [6, 6.07) is 6.80. The molecule has 2 heterocycles. The Morgan fingerprint density at radius 1 is 1.11 bits per heavy atom. The molecule has 1 spiro atoms. The smallest absolute Gasteiger partial charge is 0.256 e. The molecule has 0 bridgehead atoms. The first kappa shape index (κ1) is 18.6. The minimum atomic E-state index is -0.866. The number of halogens is 2. The molecule has 146 valence electrons. The van der Waals surface area contributed by atoms with Crippen LogP contribution in [-0.2, 0) is 0 Å². The second-order valence-corrected chi connectivity index (χ2v) is 7.76. The van der Waals surface area contributed by atoms with Crippen molar-refractivity contribution in [2.75, 3.05) is 13.1 Å². The molecule has 2 aliphatic rings. The number of fused-ring (bicyclic) bond motifs is 1. The standard InChI is InChI=1S/C22H21F2NO3/c1-13-9-14(2)20-17(10-13)19(26)12-22(28-20)5-7-25(8-6-22)21(27)16-4-3-15(23)11-18(16)24/h3-4,9-11H,5-8,12H2,1-2H3. The van der Waals surface area contributed by atoms with E-state index in [1.807, 2.05) is 26.0 Å². The molecule has 0 unspecified atom stereocenters. The fourth-order valence-corrected chi connectivity index (χ4v) is 4.17. The normalized spacial score (nSPS) is 18.0. The number of carbonyl (C=O) groups excluding carboxylic acids is 2. The molecular formula is C22H21F2NO3. The van der Waals surface area contributed by atoms with Crippen LogP contribution in [0.25, 0.3) is 0 Å². The van der Waals surface area contributed by atoms with Gasteiger partial charge in [-0.2, -0.15) is 0 Å². The molecule has 1 saturated heterocycles. The van der Waals surface area contributed by atoms with Gasteiger partial charge in [0, 0.05) is 32.0 Å². The molecule has 4 rings (SSSR count). The van der Waals surface area contributed by atoms with Crippen LogP contribution in [0.15, 0.2) is 30.3 Å². The number of ether oxygens (including phenoxy) is 1. The number of nitrogens with zero attached hydrogens (tertiary/aromatic N) is 1. The van der Waals surface area contributed by atoms with E-state index in [0.717, 1.165) is 17.2 Å². The van der Waals surface area contributed by atoms with Crippen LogP contribution >= 0.6 is 0 Å². The molecule has 1 amide bonds. The third kappa shape index (κ3) is 3.17. The summed E-state index contributed by atoms with van der Waals surface area (Å²) < 4.78 is 33.3. The third-order valence-electron chi connectivity index (χ3n) is 5.64. The number of rotatable bonds is 1. The van der Waals surface area contributed by atoms with Gasteiger partial charge in [0.1, 0.15) is 23.0 Å². The first-order chi connectivity index (χ1) is 13.3. The lowest BCUT2D eigenvalue weighted by Crippen LogP contribution is -2.52. The summed E-state index contributed by atoms with van der Waals surface area (Å²) in [5.41, 5.74) is 1.78. The average molecular weight is 385 g/mol. The Hall–Kier alpha value is -2.76. The lowest BCUT2D eigenvalue weighted by atomic mass is 9.81. The second-order valence-electron chi connectivity index (χ2n) is 7.76. The van der Waals surface area contributed by atoms with Gasteiger partial charge in [-0.05, 0) is 43.2 Å². The molecule has 2 aromatic carbocycles. The van der Waals surface area contributed by atoms with Crippen molar-refractivity contribution < 1.29 is 23.1 Å². The maximum Gasteiger partial charge on any atom is 0.256 e. The highest BCUT2D eigenvalue weighted by Gasteiger charge is 2.44. The molecule has 2 aliphatic heterocycles. The van der Waals surface area contributed by atoms with Crippen molar-refractivity contribution in [3.63, 3.8) is 0 Å². The van der Waals surface area contributed by atoms with Crippen molar-refractivity contribution in [1.29, 1.82) is 0 Å². The van der Waals surface area contributed by atoms with Crippen LogP contribution in [-0.4, -0.2) is 35.3 Å². The number of carbonyl (C=O) groups is 2. The van der Waals surface area contributed by atoms with E-state index in [2.05, 4.69) is 0 Å². The van der Waals surface area contributed by atoms with Gasteiger partial charge in [-0.25, -0.2) is 8.78 Å². The second kappa shape index (κ2) is 6.69. The van der Waals surface area contributed by atoms with Crippen LogP contribution in [0.2, 0.25) is 0 Å². The van der Waals surface area contributed by atoms with Crippen LogP contribution in [0, 0.1) is 25.5 Å². The van der Waals surface area contributed by atoms with Crippen molar-refractivity contribution in [2.24, 2.45) is 0 Å². The van der Waals surface area contributed by atoms with E-state index in [1.54, 1.807) is 0 Å². The Morgan fingerprint density at radius 2 is 1.82 bits per heavy atom. The molecule has 0 saturated carbocycles. The van der Waals surface area contributed by atoms with Crippen LogP contribution in [0.3, 0.4) is 0 Å². The van der Waals surface area contributed by atoms with Gasteiger partial charge in [0.2, 0.25) is 0 Å². The van der Waals surface area contributed by atoms with Crippen molar-refractivity contribution >= 4 is 11.7 Å². The SMILES string of the molecule is Cc1cc(C)c2c(c1)C(=O)CC1(CCN(C(=O)c3ccc(F)cc3F)CC1)O2. The molecule has 0 radical (unpaired) electrons. The van der Waals surface area contributed by atoms with Crippen LogP contribution < -0.4 is 4.74 Å². The molecule has 0 N–H and O–H groups in total. The lowest BCUT2D eigenvalue weighted by molar-refractivity contribution is -0.00627. The largest absolute Gasteiger partial charge is 0.486 e. The number of hydrogen-bond acceptors (Lipinski definition) is 3. The number of piperidine rings is 1. The van der Waals surface area contributed by atoms with Crippen LogP contribution in [0.4, 0.5) is 8.78 Å². The summed E-state index contributed by atoms with van der Waals surface area (Å²) in [4.78, 5) is 26.9. The number of ketones is 1. The molecule has 6 heteroatoms. The highest BCUT2D eigenvalue weighted by atomic mass is 19.1. The van der Waals surface area contributed by atoms with E-state index in [4.69, 9.17) is 4.74 Å². The zero-order valence-electron chi connectivity index (χ0n) is 15.9. The Morgan fingerprint density at radius 3 is 2.50 bits per heavy atom. The first-order valence-electron chi connectivity index (χ1n) is 9.36. The number of benzene rings is 2. The summed E-state index contributed by atoms with van der Waals surface area (Å²) in [6.07, 6.45) is 1.25. The predicted octanol–water partition coefficient (Wildman–Crippen LogP) is 4.22. The highest BCUT2D eigenvalue weighted by Crippen LogP contribution is 2.41. The van der Waals surface area contributed by atoms with Gasteiger partial charge >= 0.3 is 0 Å². The molecule has 0 aromatic heterocycles. The van der Waals surface area contributed by atoms with Gasteiger partial charge in [-0.1, -0.05) is 6.07 Å². The molecule has 1 fully saturated rings. The topological polar surface area (TPSA) is 46.6 Å². The first-order valence-corrected chi connectivity index (χ1v) is 9.36. The summed E-state index contributed by atoms with van der Waals surface area (Å²) in [5.74, 6) is -1.37. The summed E-state index contributed by atoms with van der Waals surface area (Å²) in [7, 11) is 0. The van der Waals surface area contributed by atoms with E-state index in [-0.39, 0.29) is 17.8 Å². The Bertz CT molecular complexity index is 978. The maximum absolute atomic E-state index is 13.9. The van der Waals surface area contributed by atoms with Crippen molar-refractivity contribution in [3.8, 4) is 5.75 Å². The van der Waals surface area contributed by atoms with E-state index in [1.165, 1.54) is 11.0 Å². The zero-order valence-corrected chi connectivity index (χ0v) is 15.9. The number of hydrogen-bond donors (Lipinski definition) is 0. The van der Waals surface area contributed by atoms with E-state index < -0.39 is 23.1 Å². The van der Waals surface area contributed by atoms with Gasteiger partial charge < -0.3 is 9.64 Å². The van der Waals surface area contributed by atoms with Gasteiger partial charge in [-0.15, -0.1) is 0 Å². The summed E-state index contributed by atoms with van der Waals surface area (Å²) >= 11 is 0. The highest BCUT2D eigenvalue weighted by molar-refractivity contribution is 6.01. The summed E-state index contributed by atoms with van der Waals surface area (Å²) in [6.45, 7) is 4.57. The van der Waals surface area contributed by atoms with Crippen LogP contribution in [0.5, 0.6) is 5.75 Å². The Kier molecular flexibility index (Phi) is 4.44. The van der Waals surface area contributed by atoms with E-state index >= 15 is 0 Å². The molecule has 2 aromatic rings. The minimum absolute atomic E-state index is 0.0532. The minimum Gasteiger partial charge on any atom is -0.486 e. The number of amides is 1. The number of likely N-dealkylation sites (tertiary alicyclic amines) is 1. The molecule has 0 aliphatic carbocycles. The Balaban J connectivity index is 1.52. The lowest BCUT2D eigenvalue weighted by Gasteiger charge is -2.44. The van der Waals surface area contributed by atoms with Gasteiger partial charge in [0.25, 0.3) is 5.91 Å².